The van der Waals surface area contributed by atoms with Crippen molar-refractivity contribution in [3.05, 3.63) is 11.6 Å². The lowest BCUT2D eigenvalue weighted by Crippen LogP contribution is -2.12. The molecule has 0 amide bonds. The summed E-state index contributed by atoms with van der Waals surface area (Å²) in [5, 5.41) is 8.98. The number of hydrogen-bond donors (Lipinski definition) is 1. The molecule has 66 valence electrons. The van der Waals surface area contributed by atoms with Crippen molar-refractivity contribution in [2.45, 2.75) is 34.1 Å². The molecule has 0 aromatic heterocycles. The van der Waals surface area contributed by atoms with Gasteiger partial charge in [0.05, 0.1) is 0 Å². The zero-order valence-corrected chi connectivity index (χ0v) is 8.09. The molecular formula is C10H20O. The highest BCUT2D eigenvalue weighted by atomic mass is 16.3. The van der Waals surface area contributed by atoms with Crippen LogP contribution in [0.5, 0.6) is 0 Å². The Morgan fingerprint density at radius 1 is 1.36 bits per heavy atom. The first kappa shape index (κ1) is 10.7. The van der Waals surface area contributed by atoms with Gasteiger partial charge in [-0.05, 0) is 32.1 Å². The summed E-state index contributed by atoms with van der Waals surface area (Å²) in [5.41, 5.74) is 1.34. The van der Waals surface area contributed by atoms with Gasteiger partial charge in [-0.25, -0.2) is 0 Å². The van der Waals surface area contributed by atoms with Crippen molar-refractivity contribution in [3.63, 3.8) is 0 Å². The normalized spacial score (nSPS) is 13.3. The zero-order chi connectivity index (χ0) is 8.85. The molecule has 0 heterocycles. The van der Waals surface area contributed by atoms with Crippen LogP contribution in [0, 0.1) is 11.8 Å². The van der Waals surface area contributed by atoms with E-state index >= 15 is 0 Å². The van der Waals surface area contributed by atoms with Crippen molar-refractivity contribution < 1.29 is 5.11 Å². The van der Waals surface area contributed by atoms with Crippen molar-refractivity contribution in [3.8, 4) is 0 Å². The van der Waals surface area contributed by atoms with Gasteiger partial charge in [0.25, 0.3) is 0 Å². The molecule has 0 aliphatic rings. The van der Waals surface area contributed by atoms with Crippen LogP contribution in [0.2, 0.25) is 0 Å². The molecular weight excluding hydrogens is 136 g/mol. The minimum atomic E-state index is 0.307. The van der Waals surface area contributed by atoms with E-state index in [9.17, 15) is 0 Å². The third-order valence-corrected chi connectivity index (χ3v) is 2.01. The lowest BCUT2D eigenvalue weighted by atomic mass is 9.93. The van der Waals surface area contributed by atoms with Crippen molar-refractivity contribution in [1.29, 1.82) is 0 Å². The standard InChI is InChI=1S/C10H20O/c1-8(2)5-6-10(7-11)9(3)4/h5,9-11H,6-7H2,1-4H3. The zero-order valence-electron chi connectivity index (χ0n) is 8.09. The first-order valence-electron chi connectivity index (χ1n) is 4.32. The van der Waals surface area contributed by atoms with Crippen LogP contribution >= 0.6 is 0 Å². The first-order valence-corrected chi connectivity index (χ1v) is 4.32. The summed E-state index contributed by atoms with van der Waals surface area (Å²) in [6.45, 7) is 8.80. The van der Waals surface area contributed by atoms with E-state index in [1.165, 1.54) is 5.57 Å². The molecule has 0 rings (SSSR count). The first-order chi connectivity index (χ1) is 5.07. The van der Waals surface area contributed by atoms with Gasteiger partial charge in [0.1, 0.15) is 0 Å². The molecule has 0 aromatic carbocycles. The molecule has 11 heavy (non-hydrogen) atoms. The fourth-order valence-electron chi connectivity index (χ4n) is 0.945. The van der Waals surface area contributed by atoms with E-state index in [0.29, 0.717) is 18.4 Å². The monoisotopic (exact) mass is 156 g/mol. The fraction of sp³-hybridized carbons (Fsp3) is 0.800. The van der Waals surface area contributed by atoms with Crippen LogP contribution in [0.1, 0.15) is 34.1 Å². The van der Waals surface area contributed by atoms with Crippen LogP contribution in [-0.4, -0.2) is 11.7 Å². The Balaban J connectivity index is 3.79. The second-order valence-corrected chi connectivity index (χ2v) is 3.70. The fourth-order valence-corrected chi connectivity index (χ4v) is 0.945. The average molecular weight is 156 g/mol. The van der Waals surface area contributed by atoms with E-state index in [0.717, 1.165) is 6.42 Å². The van der Waals surface area contributed by atoms with Crippen LogP contribution in [0.4, 0.5) is 0 Å². The predicted octanol–water partition coefficient (Wildman–Crippen LogP) is 2.61. The van der Waals surface area contributed by atoms with Gasteiger partial charge in [0.2, 0.25) is 0 Å². The van der Waals surface area contributed by atoms with Gasteiger partial charge >= 0.3 is 0 Å². The summed E-state index contributed by atoms with van der Waals surface area (Å²) in [6.07, 6.45) is 3.21. The highest BCUT2D eigenvalue weighted by molar-refractivity contribution is 4.94. The summed E-state index contributed by atoms with van der Waals surface area (Å²) in [7, 11) is 0. The van der Waals surface area contributed by atoms with Crippen molar-refractivity contribution in [2.75, 3.05) is 6.61 Å². The van der Waals surface area contributed by atoms with E-state index in [4.69, 9.17) is 5.11 Å². The molecule has 1 atom stereocenters. The van der Waals surface area contributed by atoms with Gasteiger partial charge in [0.15, 0.2) is 0 Å². The highest BCUT2D eigenvalue weighted by Crippen LogP contribution is 2.15. The average Bonchev–Trinajstić information content (AvgIpc) is 1.87. The van der Waals surface area contributed by atoms with Crippen molar-refractivity contribution in [1.82, 2.24) is 0 Å². The topological polar surface area (TPSA) is 20.2 Å². The number of allylic oxidation sites excluding steroid dienone is 2. The minimum absolute atomic E-state index is 0.307. The summed E-state index contributed by atoms with van der Waals surface area (Å²) < 4.78 is 0. The van der Waals surface area contributed by atoms with E-state index in [2.05, 4.69) is 33.8 Å². The maximum absolute atomic E-state index is 8.98. The highest BCUT2D eigenvalue weighted by Gasteiger charge is 2.09. The minimum Gasteiger partial charge on any atom is -0.396 e. The Hall–Kier alpha value is -0.300. The van der Waals surface area contributed by atoms with Gasteiger partial charge in [0, 0.05) is 6.61 Å². The number of rotatable bonds is 4. The maximum atomic E-state index is 8.98. The van der Waals surface area contributed by atoms with Gasteiger partial charge < -0.3 is 5.11 Å². The smallest absolute Gasteiger partial charge is 0.0464 e. The Labute approximate surface area is 70.1 Å². The summed E-state index contributed by atoms with van der Waals surface area (Å²) >= 11 is 0. The van der Waals surface area contributed by atoms with Gasteiger partial charge in [-0.15, -0.1) is 0 Å². The molecule has 1 N–H and O–H groups in total. The summed E-state index contributed by atoms with van der Waals surface area (Å²) in [6, 6.07) is 0. The van der Waals surface area contributed by atoms with Crippen molar-refractivity contribution in [2.24, 2.45) is 11.8 Å². The quantitative estimate of drug-likeness (QED) is 0.620. The second kappa shape index (κ2) is 5.36. The second-order valence-electron chi connectivity index (χ2n) is 3.70. The lowest BCUT2D eigenvalue weighted by molar-refractivity contribution is 0.191. The molecule has 1 heteroatoms. The molecule has 0 spiro atoms. The molecule has 0 bridgehead atoms. The Bertz CT molecular complexity index is 121. The van der Waals surface area contributed by atoms with Crippen molar-refractivity contribution >= 4 is 0 Å². The Kier molecular flexibility index (Phi) is 5.22. The maximum Gasteiger partial charge on any atom is 0.0464 e. The number of aliphatic hydroxyl groups excluding tert-OH is 1. The van der Waals surface area contributed by atoms with Crippen LogP contribution in [0.3, 0.4) is 0 Å². The molecule has 0 saturated carbocycles. The third kappa shape index (κ3) is 5.02. The van der Waals surface area contributed by atoms with Crippen LogP contribution in [0.15, 0.2) is 11.6 Å². The molecule has 0 fully saturated rings. The van der Waals surface area contributed by atoms with Gasteiger partial charge in [-0.2, -0.15) is 0 Å². The SMILES string of the molecule is CC(C)=CCC(CO)C(C)C. The third-order valence-electron chi connectivity index (χ3n) is 2.01. The van der Waals surface area contributed by atoms with Crippen LogP contribution in [0.25, 0.3) is 0 Å². The molecule has 1 nitrogen and oxygen atoms in total. The molecule has 0 aromatic rings. The van der Waals surface area contributed by atoms with Gasteiger partial charge in [-0.3, -0.25) is 0 Å². The molecule has 0 saturated heterocycles. The summed E-state index contributed by atoms with van der Waals surface area (Å²) in [4.78, 5) is 0. The van der Waals surface area contributed by atoms with E-state index in [1.807, 2.05) is 0 Å². The molecule has 0 radical (unpaired) electrons. The van der Waals surface area contributed by atoms with E-state index in [-0.39, 0.29) is 0 Å². The molecule has 1 unspecified atom stereocenters. The number of hydrogen-bond acceptors (Lipinski definition) is 1. The number of aliphatic hydroxyl groups is 1. The lowest BCUT2D eigenvalue weighted by Gasteiger charge is -2.15. The Morgan fingerprint density at radius 2 is 1.91 bits per heavy atom. The van der Waals surface area contributed by atoms with E-state index in [1.54, 1.807) is 0 Å². The summed E-state index contributed by atoms with van der Waals surface area (Å²) in [5.74, 6) is 1.01. The molecule has 0 aliphatic carbocycles. The predicted molar refractivity (Wildman–Crippen MR) is 49.5 cm³/mol. The van der Waals surface area contributed by atoms with Crippen LogP contribution in [-0.2, 0) is 0 Å². The van der Waals surface area contributed by atoms with E-state index < -0.39 is 0 Å². The Morgan fingerprint density at radius 3 is 2.18 bits per heavy atom. The van der Waals surface area contributed by atoms with Crippen LogP contribution < -0.4 is 0 Å². The van der Waals surface area contributed by atoms with Gasteiger partial charge in [-0.1, -0.05) is 25.5 Å². The molecule has 0 aliphatic heterocycles. The largest absolute Gasteiger partial charge is 0.396 e.